The molecule has 0 fully saturated rings. The first kappa shape index (κ1) is 16.5. The predicted octanol–water partition coefficient (Wildman–Crippen LogP) is 7.84. The van der Waals surface area contributed by atoms with Crippen LogP contribution in [0, 0.1) is 0 Å². The van der Waals surface area contributed by atoms with E-state index in [1.165, 1.54) is 44.2 Å². The van der Waals surface area contributed by atoms with E-state index in [1.54, 1.807) is 0 Å². The third-order valence-electron chi connectivity index (χ3n) is 5.27. The SMILES string of the molecule is c1ccc(-c2ccc(-c3ccccc3)c(-c3ccc4ccccc4c3)c2)cc1. The van der Waals surface area contributed by atoms with Crippen molar-refractivity contribution >= 4 is 10.8 Å². The molecule has 5 rings (SSSR count). The van der Waals surface area contributed by atoms with Gasteiger partial charge in [0.1, 0.15) is 0 Å². The first-order chi connectivity index (χ1) is 13.9. The van der Waals surface area contributed by atoms with Gasteiger partial charge in [-0.2, -0.15) is 0 Å². The average molecular weight is 356 g/mol. The molecule has 0 aliphatic carbocycles. The van der Waals surface area contributed by atoms with Crippen LogP contribution in [0.3, 0.4) is 0 Å². The summed E-state index contributed by atoms with van der Waals surface area (Å²) in [5.41, 5.74) is 7.49. The van der Waals surface area contributed by atoms with Gasteiger partial charge < -0.3 is 0 Å². The molecule has 0 nitrogen and oxygen atoms in total. The smallest absolute Gasteiger partial charge is 0.00990 e. The predicted molar refractivity (Wildman–Crippen MR) is 120 cm³/mol. The van der Waals surface area contributed by atoms with Crippen molar-refractivity contribution in [1.29, 1.82) is 0 Å². The van der Waals surface area contributed by atoms with Crippen molar-refractivity contribution in [3.8, 4) is 33.4 Å². The van der Waals surface area contributed by atoms with Crippen LogP contribution < -0.4 is 0 Å². The molecule has 0 heterocycles. The molecule has 0 amide bonds. The Morgan fingerprint density at radius 2 is 0.893 bits per heavy atom. The van der Waals surface area contributed by atoms with E-state index in [-0.39, 0.29) is 0 Å². The van der Waals surface area contributed by atoms with Crippen molar-refractivity contribution in [2.45, 2.75) is 0 Å². The second-order valence-electron chi connectivity index (χ2n) is 7.05. The molecule has 0 aliphatic rings. The third kappa shape index (κ3) is 3.10. The second-order valence-corrected chi connectivity index (χ2v) is 7.05. The van der Waals surface area contributed by atoms with E-state index in [2.05, 4.69) is 121 Å². The summed E-state index contributed by atoms with van der Waals surface area (Å²) < 4.78 is 0. The minimum Gasteiger partial charge on any atom is -0.0622 e. The molecule has 0 aromatic heterocycles. The van der Waals surface area contributed by atoms with E-state index in [1.807, 2.05) is 0 Å². The average Bonchev–Trinajstić information content (AvgIpc) is 2.79. The van der Waals surface area contributed by atoms with Gasteiger partial charge in [-0.3, -0.25) is 0 Å². The first-order valence-corrected chi connectivity index (χ1v) is 9.62. The van der Waals surface area contributed by atoms with Crippen LogP contribution in [0.25, 0.3) is 44.2 Å². The highest BCUT2D eigenvalue weighted by Crippen LogP contribution is 2.36. The van der Waals surface area contributed by atoms with Gasteiger partial charge in [0.25, 0.3) is 0 Å². The van der Waals surface area contributed by atoms with Crippen molar-refractivity contribution in [2.24, 2.45) is 0 Å². The van der Waals surface area contributed by atoms with Crippen LogP contribution in [0.4, 0.5) is 0 Å². The third-order valence-corrected chi connectivity index (χ3v) is 5.27. The van der Waals surface area contributed by atoms with E-state index < -0.39 is 0 Å². The zero-order valence-electron chi connectivity index (χ0n) is 15.5. The Bertz CT molecular complexity index is 1240. The van der Waals surface area contributed by atoms with Crippen molar-refractivity contribution in [3.05, 3.63) is 121 Å². The van der Waals surface area contributed by atoms with Gasteiger partial charge >= 0.3 is 0 Å². The summed E-state index contributed by atoms with van der Waals surface area (Å²) >= 11 is 0. The second kappa shape index (κ2) is 7.17. The zero-order valence-corrected chi connectivity index (χ0v) is 15.5. The molecule has 0 aliphatic heterocycles. The normalized spacial score (nSPS) is 10.9. The fourth-order valence-electron chi connectivity index (χ4n) is 3.82. The summed E-state index contributed by atoms with van der Waals surface area (Å²) in [7, 11) is 0. The minimum absolute atomic E-state index is 1.24. The molecule has 0 atom stereocenters. The fourth-order valence-corrected chi connectivity index (χ4v) is 3.82. The molecule has 0 saturated heterocycles. The van der Waals surface area contributed by atoms with E-state index in [0.717, 1.165) is 0 Å². The lowest BCUT2D eigenvalue weighted by Gasteiger charge is -2.14. The summed E-state index contributed by atoms with van der Waals surface area (Å²) in [4.78, 5) is 0. The van der Waals surface area contributed by atoms with Gasteiger partial charge in [-0.25, -0.2) is 0 Å². The standard InChI is InChI=1S/C28H20/c1-3-9-21(10-4-1)25-17-18-27(23-12-5-2-6-13-23)28(20-25)26-16-15-22-11-7-8-14-24(22)19-26/h1-20H. The largest absolute Gasteiger partial charge is 0.0622 e. The Morgan fingerprint density at radius 3 is 1.64 bits per heavy atom. The molecule has 5 aromatic carbocycles. The van der Waals surface area contributed by atoms with Gasteiger partial charge in [0.05, 0.1) is 0 Å². The highest BCUT2D eigenvalue weighted by molar-refractivity contribution is 5.92. The molecule has 28 heavy (non-hydrogen) atoms. The Hall–Kier alpha value is -3.64. The number of benzene rings is 5. The Morgan fingerprint density at radius 1 is 0.286 bits per heavy atom. The van der Waals surface area contributed by atoms with Gasteiger partial charge in [0.15, 0.2) is 0 Å². The molecule has 0 unspecified atom stereocenters. The topological polar surface area (TPSA) is 0 Å². The van der Waals surface area contributed by atoms with Gasteiger partial charge in [-0.1, -0.05) is 109 Å². The van der Waals surface area contributed by atoms with Gasteiger partial charge in [0.2, 0.25) is 0 Å². The fraction of sp³-hybridized carbons (Fsp3) is 0. The number of hydrogen-bond acceptors (Lipinski definition) is 0. The molecule has 0 saturated carbocycles. The minimum atomic E-state index is 1.24. The van der Waals surface area contributed by atoms with Crippen LogP contribution >= 0.6 is 0 Å². The number of fused-ring (bicyclic) bond motifs is 1. The maximum Gasteiger partial charge on any atom is -0.00990 e. The first-order valence-electron chi connectivity index (χ1n) is 9.62. The summed E-state index contributed by atoms with van der Waals surface area (Å²) in [5, 5.41) is 2.54. The van der Waals surface area contributed by atoms with Crippen LogP contribution in [-0.2, 0) is 0 Å². The van der Waals surface area contributed by atoms with E-state index in [9.17, 15) is 0 Å². The molecule has 0 radical (unpaired) electrons. The van der Waals surface area contributed by atoms with E-state index in [4.69, 9.17) is 0 Å². The van der Waals surface area contributed by atoms with Crippen LogP contribution in [0.5, 0.6) is 0 Å². The lowest BCUT2D eigenvalue weighted by molar-refractivity contribution is 1.57. The van der Waals surface area contributed by atoms with Crippen molar-refractivity contribution in [1.82, 2.24) is 0 Å². The molecule has 0 N–H and O–H groups in total. The van der Waals surface area contributed by atoms with Crippen LogP contribution in [-0.4, -0.2) is 0 Å². The molecular formula is C28H20. The Kier molecular flexibility index (Phi) is 4.23. The molecule has 0 heteroatoms. The summed E-state index contributed by atoms with van der Waals surface area (Å²) in [5.74, 6) is 0. The van der Waals surface area contributed by atoms with Crippen molar-refractivity contribution < 1.29 is 0 Å². The van der Waals surface area contributed by atoms with Crippen LogP contribution in [0.15, 0.2) is 121 Å². The van der Waals surface area contributed by atoms with Gasteiger partial charge in [-0.15, -0.1) is 0 Å². The highest BCUT2D eigenvalue weighted by atomic mass is 14.1. The van der Waals surface area contributed by atoms with Crippen LogP contribution in [0.1, 0.15) is 0 Å². The van der Waals surface area contributed by atoms with E-state index >= 15 is 0 Å². The molecule has 132 valence electrons. The van der Waals surface area contributed by atoms with Gasteiger partial charge in [-0.05, 0) is 56.3 Å². The lowest BCUT2D eigenvalue weighted by Crippen LogP contribution is -1.88. The molecule has 0 spiro atoms. The number of hydrogen-bond donors (Lipinski definition) is 0. The highest BCUT2D eigenvalue weighted by Gasteiger charge is 2.10. The Labute approximate surface area is 165 Å². The zero-order chi connectivity index (χ0) is 18.8. The van der Waals surface area contributed by atoms with Crippen molar-refractivity contribution in [2.75, 3.05) is 0 Å². The van der Waals surface area contributed by atoms with Gasteiger partial charge in [0, 0.05) is 0 Å². The Balaban J connectivity index is 1.74. The summed E-state index contributed by atoms with van der Waals surface area (Å²) in [6.45, 7) is 0. The number of rotatable bonds is 3. The molecule has 5 aromatic rings. The summed E-state index contributed by atoms with van der Waals surface area (Å²) in [6, 6.07) is 43.3. The molecule has 0 bridgehead atoms. The quantitative estimate of drug-likeness (QED) is 0.309. The van der Waals surface area contributed by atoms with E-state index in [0.29, 0.717) is 0 Å². The monoisotopic (exact) mass is 356 g/mol. The maximum atomic E-state index is 2.32. The van der Waals surface area contributed by atoms with Crippen molar-refractivity contribution in [3.63, 3.8) is 0 Å². The maximum absolute atomic E-state index is 2.32. The summed E-state index contributed by atoms with van der Waals surface area (Å²) in [6.07, 6.45) is 0. The van der Waals surface area contributed by atoms with Crippen LogP contribution in [0.2, 0.25) is 0 Å². The molecular weight excluding hydrogens is 336 g/mol. The lowest BCUT2D eigenvalue weighted by atomic mass is 9.90.